The van der Waals surface area contributed by atoms with Crippen LogP contribution in [0.25, 0.3) is 0 Å². The van der Waals surface area contributed by atoms with E-state index in [1.807, 2.05) is 0 Å². The van der Waals surface area contributed by atoms with Crippen LogP contribution in [0.3, 0.4) is 0 Å². The molecule has 0 aromatic carbocycles. The molecular formula is C12H21N3O2. The van der Waals surface area contributed by atoms with Gasteiger partial charge >= 0.3 is 5.69 Å². The monoisotopic (exact) mass is 239 g/mol. The molecule has 1 rings (SSSR count). The van der Waals surface area contributed by atoms with E-state index in [2.05, 4.69) is 24.1 Å². The molecule has 0 radical (unpaired) electrons. The molecule has 0 bridgehead atoms. The highest BCUT2D eigenvalue weighted by molar-refractivity contribution is 5.42. The molecule has 5 nitrogen and oxygen atoms in total. The van der Waals surface area contributed by atoms with Gasteiger partial charge in [-0.25, -0.2) is 4.79 Å². The lowest BCUT2D eigenvalue weighted by Gasteiger charge is -2.16. The topological polar surface area (TPSA) is 67.2 Å². The number of aromatic nitrogens is 2. The molecule has 0 amide bonds. The van der Waals surface area contributed by atoms with Crippen molar-refractivity contribution in [1.29, 1.82) is 0 Å². The number of anilines is 1. The average molecular weight is 239 g/mol. The molecule has 0 aliphatic rings. The van der Waals surface area contributed by atoms with E-state index in [1.54, 1.807) is 13.2 Å². The van der Waals surface area contributed by atoms with Crippen LogP contribution in [0.1, 0.15) is 38.7 Å². The van der Waals surface area contributed by atoms with Gasteiger partial charge in [-0.15, -0.1) is 0 Å². The van der Waals surface area contributed by atoms with E-state index in [9.17, 15) is 9.90 Å². The molecule has 0 saturated heterocycles. The van der Waals surface area contributed by atoms with E-state index >= 15 is 0 Å². The van der Waals surface area contributed by atoms with Crippen molar-refractivity contribution in [3.63, 3.8) is 0 Å². The summed E-state index contributed by atoms with van der Waals surface area (Å²) >= 11 is 0. The quantitative estimate of drug-likeness (QED) is 0.784. The maximum Gasteiger partial charge on any atom is 0.349 e. The maximum absolute atomic E-state index is 11.4. The van der Waals surface area contributed by atoms with Gasteiger partial charge in [-0.2, -0.15) is 4.98 Å². The van der Waals surface area contributed by atoms with Crippen LogP contribution in [-0.2, 0) is 13.7 Å². The van der Waals surface area contributed by atoms with Crippen LogP contribution in [0.2, 0.25) is 0 Å². The maximum atomic E-state index is 11.4. The van der Waals surface area contributed by atoms with Crippen molar-refractivity contribution in [3.05, 3.63) is 22.2 Å². The number of aliphatic hydroxyl groups is 1. The summed E-state index contributed by atoms with van der Waals surface area (Å²) < 4.78 is 1.37. The summed E-state index contributed by atoms with van der Waals surface area (Å²) in [4.78, 5) is 15.4. The van der Waals surface area contributed by atoms with E-state index < -0.39 is 0 Å². The highest BCUT2D eigenvalue weighted by Gasteiger charge is 2.09. The van der Waals surface area contributed by atoms with E-state index in [0.717, 1.165) is 19.3 Å². The van der Waals surface area contributed by atoms with Crippen molar-refractivity contribution in [2.24, 2.45) is 7.05 Å². The van der Waals surface area contributed by atoms with Crippen molar-refractivity contribution in [2.75, 3.05) is 5.32 Å². The van der Waals surface area contributed by atoms with E-state index in [1.165, 1.54) is 4.57 Å². The number of nitrogens with one attached hydrogen (secondary N) is 1. The molecule has 0 saturated carbocycles. The van der Waals surface area contributed by atoms with Gasteiger partial charge in [0.25, 0.3) is 0 Å². The van der Waals surface area contributed by atoms with Crippen LogP contribution in [0.5, 0.6) is 0 Å². The SMILES string of the molecule is CCCCC(C)Nc1nc(=O)n(C)cc1CO. The van der Waals surface area contributed by atoms with Crippen molar-refractivity contribution in [2.45, 2.75) is 45.8 Å². The molecule has 0 aliphatic heterocycles. The number of rotatable bonds is 6. The zero-order chi connectivity index (χ0) is 12.8. The first-order valence-corrected chi connectivity index (χ1v) is 6.02. The van der Waals surface area contributed by atoms with Crippen molar-refractivity contribution >= 4 is 5.82 Å². The largest absolute Gasteiger partial charge is 0.391 e. The third kappa shape index (κ3) is 3.85. The predicted molar refractivity (Wildman–Crippen MR) is 68.0 cm³/mol. The summed E-state index contributed by atoms with van der Waals surface area (Å²) in [5.41, 5.74) is 0.336. The van der Waals surface area contributed by atoms with Gasteiger partial charge in [-0.1, -0.05) is 19.8 Å². The zero-order valence-corrected chi connectivity index (χ0v) is 10.7. The fourth-order valence-electron chi connectivity index (χ4n) is 1.65. The van der Waals surface area contributed by atoms with Gasteiger partial charge in [0.1, 0.15) is 5.82 Å². The lowest BCUT2D eigenvalue weighted by atomic mass is 10.1. The Morgan fingerprint density at radius 3 is 2.88 bits per heavy atom. The Morgan fingerprint density at radius 2 is 2.29 bits per heavy atom. The van der Waals surface area contributed by atoms with Crippen LogP contribution >= 0.6 is 0 Å². The zero-order valence-electron chi connectivity index (χ0n) is 10.7. The van der Waals surface area contributed by atoms with Gasteiger partial charge in [0.05, 0.1) is 6.61 Å². The van der Waals surface area contributed by atoms with Gasteiger partial charge in [0.2, 0.25) is 0 Å². The standard InChI is InChI=1S/C12H21N3O2/c1-4-5-6-9(2)13-11-10(8-16)7-15(3)12(17)14-11/h7,9,16H,4-6,8H2,1-3H3,(H,13,14,17). The van der Waals surface area contributed by atoms with Gasteiger partial charge in [0.15, 0.2) is 0 Å². The Morgan fingerprint density at radius 1 is 1.59 bits per heavy atom. The summed E-state index contributed by atoms with van der Waals surface area (Å²) in [6, 6.07) is 0.250. The Labute approximate surface area is 102 Å². The Balaban J connectivity index is 2.82. The minimum Gasteiger partial charge on any atom is -0.391 e. The predicted octanol–water partition coefficient (Wildman–Crippen LogP) is 1.26. The van der Waals surface area contributed by atoms with Gasteiger partial charge in [-0.3, -0.25) is 0 Å². The normalized spacial score (nSPS) is 12.5. The first-order chi connectivity index (χ1) is 8.08. The van der Waals surface area contributed by atoms with Crippen LogP contribution in [-0.4, -0.2) is 20.7 Å². The molecule has 0 fully saturated rings. The van der Waals surface area contributed by atoms with Crippen LogP contribution in [0.4, 0.5) is 5.82 Å². The lowest BCUT2D eigenvalue weighted by molar-refractivity contribution is 0.280. The second-order valence-corrected chi connectivity index (χ2v) is 4.35. The first kappa shape index (κ1) is 13.7. The molecule has 5 heteroatoms. The summed E-state index contributed by atoms with van der Waals surface area (Å²) in [5, 5.41) is 12.4. The summed E-state index contributed by atoms with van der Waals surface area (Å²) in [5.74, 6) is 0.499. The molecule has 17 heavy (non-hydrogen) atoms. The highest BCUT2D eigenvalue weighted by Crippen LogP contribution is 2.12. The Hall–Kier alpha value is -1.36. The molecule has 1 atom stereocenters. The number of aliphatic hydroxyl groups excluding tert-OH is 1. The van der Waals surface area contributed by atoms with Crippen molar-refractivity contribution in [3.8, 4) is 0 Å². The summed E-state index contributed by atoms with van der Waals surface area (Å²) in [6.45, 7) is 4.07. The van der Waals surface area contributed by atoms with Crippen LogP contribution in [0, 0.1) is 0 Å². The van der Waals surface area contributed by atoms with E-state index in [4.69, 9.17) is 0 Å². The molecule has 1 aromatic rings. The molecule has 0 spiro atoms. The lowest BCUT2D eigenvalue weighted by Crippen LogP contribution is -2.25. The van der Waals surface area contributed by atoms with Gasteiger partial charge in [0, 0.05) is 24.8 Å². The third-order valence-corrected chi connectivity index (χ3v) is 2.71. The Bertz CT molecular complexity index is 415. The van der Waals surface area contributed by atoms with Crippen LogP contribution < -0.4 is 11.0 Å². The smallest absolute Gasteiger partial charge is 0.349 e. The number of hydrogen-bond acceptors (Lipinski definition) is 4. The number of aryl methyl sites for hydroxylation is 1. The minimum atomic E-state index is -0.313. The molecule has 0 aliphatic carbocycles. The summed E-state index contributed by atoms with van der Waals surface area (Å²) in [7, 11) is 1.62. The van der Waals surface area contributed by atoms with E-state index in [-0.39, 0.29) is 18.3 Å². The third-order valence-electron chi connectivity index (χ3n) is 2.71. The minimum absolute atomic E-state index is 0.121. The molecule has 1 heterocycles. The molecule has 1 aromatic heterocycles. The molecule has 96 valence electrons. The van der Waals surface area contributed by atoms with E-state index in [0.29, 0.717) is 11.4 Å². The first-order valence-electron chi connectivity index (χ1n) is 6.02. The molecular weight excluding hydrogens is 218 g/mol. The number of hydrogen-bond donors (Lipinski definition) is 2. The fourth-order valence-corrected chi connectivity index (χ4v) is 1.65. The second kappa shape index (κ2) is 6.39. The van der Waals surface area contributed by atoms with Gasteiger partial charge < -0.3 is 15.0 Å². The van der Waals surface area contributed by atoms with Crippen molar-refractivity contribution < 1.29 is 5.11 Å². The number of nitrogens with zero attached hydrogens (tertiary/aromatic N) is 2. The fraction of sp³-hybridized carbons (Fsp3) is 0.667. The summed E-state index contributed by atoms with van der Waals surface area (Å²) in [6.07, 6.45) is 4.92. The second-order valence-electron chi connectivity index (χ2n) is 4.35. The highest BCUT2D eigenvalue weighted by atomic mass is 16.3. The molecule has 1 unspecified atom stereocenters. The van der Waals surface area contributed by atoms with Crippen molar-refractivity contribution in [1.82, 2.24) is 9.55 Å². The Kier molecular flexibility index (Phi) is 5.15. The molecule has 2 N–H and O–H groups in total. The number of unbranched alkanes of at least 4 members (excludes halogenated alkanes) is 1. The average Bonchev–Trinajstić information content (AvgIpc) is 2.31. The van der Waals surface area contributed by atoms with Crippen LogP contribution in [0.15, 0.2) is 11.0 Å². The van der Waals surface area contributed by atoms with Gasteiger partial charge in [-0.05, 0) is 13.3 Å².